The lowest BCUT2D eigenvalue weighted by molar-refractivity contribution is 0.253. The molecule has 222 valence electrons. The largest absolute Gasteiger partial charge is 0.497 e. The number of benzene rings is 3. The number of amides is 2. The van der Waals surface area contributed by atoms with Crippen LogP contribution in [0.1, 0.15) is 24.4 Å². The van der Waals surface area contributed by atoms with Gasteiger partial charge in [-0.25, -0.2) is 14.5 Å². The van der Waals surface area contributed by atoms with Crippen molar-refractivity contribution >= 4 is 39.9 Å². The lowest BCUT2D eigenvalue weighted by Gasteiger charge is -2.38. The molecule has 4 aromatic rings. The summed E-state index contributed by atoms with van der Waals surface area (Å²) < 4.78 is 12.7. The van der Waals surface area contributed by atoms with Crippen molar-refractivity contribution in [1.29, 1.82) is 5.26 Å². The van der Waals surface area contributed by atoms with E-state index < -0.39 is 12.1 Å². The fourth-order valence-corrected chi connectivity index (χ4v) is 5.28. The number of piperazine rings is 1. The average Bonchev–Trinajstić information content (AvgIpc) is 3.02. The highest BCUT2D eigenvalue weighted by Crippen LogP contribution is 2.37. The van der Waals surface area contributed by atoms with Crippen molar-refractivity contribution in [2.75, 3.05) is 62.7 Å². The molecule has 5 rings (SSSR count). The summed E-state index contributed by atoms with van der Waals surface area (Å²) in [5.74, 6) is 1.30. The Bertz CT molecular complexity index is 1740. The van der Waals surface area contributed by atoms with E-state index in [1.807, 2.05) is 19.0 Å². The molecule has 11 nitrogen and oxygen atoms in total. The molecule has 2 amide bonds. The lowest BCUT2D eigenvalue weighted by atomic mass is 10.1. The maximum atomic E-state index is 14.1. The summed E-state index contributed by atoms with van der Waals surface area (Å²) in [5, 5.41) is 15.0. The Morgan fingerprint density at radius 1 is 1.05 bits per heavy atom. The van der Waals surface area contributed by atoms with E-state index in [2.05, 4.69) is 16.3 Å². The summed E-state index contributed by atoms with van der Waals surface area (Å²) in [6.07, 6.45) is 0. The lowest BCUT2D eigenvalue weighted by Crippen LogP contribution is -2.55. The summed E-state index contributed by atoms with van der Waals surface area (Å²) in [6.45, 7) is 4.52. The number of fused-ring (bicyclic) bond motifs is 1. The highest BCUT2D eigenvalue weighted by molar-refractivity contribution is 6.31. The van der Waals surface area contributed by atoms with Crippen LogP contribution in [0.3, 0.4) is 0 Å². The number of urea groups is 1. The molecule has 1 aliphatic rings. The van der Waals surface area contributed by atoms with E-state index in [-0.39, 0.29) is 5.56 Å². The Balaban J connectivity index is 1.68. The van der Waals surface area contributed by atoms with Crippen LogP contribution in [-0.2, 0) is 0 Å². The average molecular weight is 602 g/mol. The highest BCUT2D eigenvalue weighted by atomic mass is 35.5. The molecule has 1 aromatic heterocycles. The van der Waals surface area contributed by atoms with Gasteiger partial charge >= 0.3 is 6.03 Å². The third-order valence-electron chi connectivity index (χ3n) is 7.49. The van der Waals surface area contributed by atoms with Gasteiger partial charge in [-0.1, -0.05) is 11.6 Å². The zero-order valence-corrected chi connectivity index (χ0v) is 25.1. The van der Waals surface area contributed by atoms with Crippen LogP contribution in [0.25, 0.3) is 10.9 Å². The minimum atomic E-state index is -0.767. The number of hydrogen-bond acceptors (Lipinski definition) is 8. The van der Waals surface area contributed by atoms with Gasteiger partial charge in [0.25, 0.3) is 5.56 Å². The van der Waals surface area contributed by atoms with Crippen LogP contribution < -0.4 is 30.3 Å². The molecule has 1 fully saturated rings. The Labute approximate surface area is 254 Å². The molecule has 0 radical (unpaired) electrons. The number of nitrogens with zero attached hydrogens (tertiary/aromatic N) is 6. The normalized spacial score (nSPS) is 14.2. The summed E-state index contributed by atoms with van der Waals surface area (Å²) in [7, 11) is 5.09. The first kappa shape index (κ1) is 29.7. The number of likely N-dealkylation sites (N-methyl/N-ethyl adjacent to an activating group) is 1. The maximum Gasteiger partial charge on any atom is 0.327 e. The van der Waals surface area contributed by atoms with E-state index in [0.29, 0.717) is 63.3 Å². The second kappa shape index (κ2) is 12.6. The SMILES string of the molecule is COc1ccc(N(C(=O)Nc2ccc(C#N)cc2)C(C)c2nc3cc(Cl)ccc3c(=O)n2N2CCN(C)CC2)c(OC)c1. The number of carbonyl (C=O) groups is 1. The van der Waals surface area contributed by atoms with Gasteiger partial charge in [0.2, 0.25) is 0 Å². The standard InChI is InChI=1S/C31H32ClN7O4/c1-20(29-35-26-17-22(32)7-11-25(26)30(40)39(29)37-15-13-36(2)14-16-37)38(27-12-10-24(42-3)18-28(27)43-4)31(41)34-23-8-5-21(19-33)6-9-23/h5-12,17-18,20H,13-16H2,1-4H3,(H,34,41). The Kier molecular flexibility index (Phi) is 8.71. The molecular formula is C31H32ClN7O4. The number of anilines is 2. The number of nitriles is 1. The van der Waals surface area contributed by atoms with Crippen molar-refractivity contribution in [1.82, 2.24) is 14.6 Å². The van der Waals surface area contributed by atoms with Crippen molar-refractivity contribution in [3.05, 3.63) is 87.4 Å². The molecule has 0 aliphatic carbocycles. The fraction of sp³-hybridized carbons (Fsp3) is 0.290. The predicted octanol–water partition coefficient (Wildman–Crippen LogP) is 4.62. The zero-order chi connectivity index (χ0) is 30.7. The minimum Gasteiger partial charge on any atom is -0.497 e. The first-order valence-electron chi connectivity index (χ1n) is 13.7. The molecule has 0 bridgehead atoms. The quantitative estimate of drug-likeness (QED) is 0.326. The molecule has 43 heavy (non-hydrogen) atoms. The number of ether oxygens (including phenoxy) is 2. The number of rotatable bonds is 7. The van der Waals surface area contributed by atoms with E-state index in [1.165, 1.54) is 12.0 Å². The van der Waals surface area contributed by atoms with Crippen molar-refractivity contribution in [3.8, 4) is 17.6 Å². The van der Waals surface area contributed by atoms with Gasteiger partial charge in [-0.2, -0.15) is 5.26 Å². The van der Waals surface area contributed by atoms with Crippen LogP contribution in [-0.4, -0.2) is 68.0 Å². The number of nitrogens with one attached hydrogen (secondary N) is 1. The smallest absolute Gasteiger partial charge is 0.327 e. The number of methoxy groups -OCH3 is 2. The van der Waals surface area contributed by atoms with Gasteiger partial charge in [0.1, 0.15) is 11.5 Å². The first-order valence-corrected chi connectivity index (χ1v) is 14.1. The van der Waals surface area contributed by atoms with E-state index in [1.54, 1.807) is 72.4 Å². The maximum absolute atomic E-state index is 14.1. The summed E-state index contributed by atoms with van der Waals surface area (Å²) in [5.41, 5.74) is 1.58. The van der Waals surface area contributed by atoms with Crippen molar-refractivity contribution in [3.63, 3.8) is 0 Å². The van der Waals surface area contributed by atoms with Gasteiger partial charge in [0.15, 0.2) is 5.82 Å². The third-order valence-corrected chi connectivity index (χ3v) is 7.72. The zero-order valence-electron chi connectivity index (χ0n) is 24.4. The molecule has 0 spiro atoms. The summed E-state index contributed by atoms with van der Waals surface area (Å²) in [4.78, 5) is 36.8. The Morgan fingerprint density at radius 3 is 2.42 bits per heavy atom. The molecule has 1 atom stereocenters. The molecule has 1 aliphatic heterocycles. The van der Waals surface area contributed by atoms with Crippen LogP contribution in [0.4, 0.5) is 16.2 Å². The second-order valence-electron chi connectivity index (χ2n) is 10.2. The number of carbonyl (C=O) groups excluding carboxylic acids is 1. The second-order valence-corrected chi connectivity index (χ2v) is 10.6. The molecule has 3 aromatic carbocycles. The number of hydrogen-bond donors (Lipinski definition) is 1. The van der Waals surface area contributed by atoms with Crippen LogP contribution in [0.5, 0.6) is 11.5 Å². The van der Waals surface area contributed by atoms with Gasteiger partial charge in [-0.3, -0.25) is 9.69 Å². The van der Waals surface area contributed by atoms with Crippen molar-refractivity contribution in [2.24, 2.45) is 0 Å². The molecule has 12 heteroatoms. The molecule has 1 saturated heterocycles. The molecule has 1 unspecified atom stereocenters. The molecule has 2 heterocycles. The fourth-order valence-electron chi connectivity index (χ4n) is 5.11. The predicted molar refractivity (Wildman–Crippen MR) is 167 cm³/mol. The summed E-state index contributed by atoms with van der Waals surface area (Å²) in [6, 6.07) is 17.5. The first-order chi connectivity index (χ1) is 20.7. The van der Waals surface area contributed by atoms with E-state index in [4.69, 9.17) is 26.1 Å². The topological polar surface area (TPSA) is 116 Å². The van der Waals surface area contributed by atoms with Crippen LogP contribution in [0.15, 0.2) is 65.5 Å². The van der Waals surface area contributed by atoms with Crippen molar-refractivity contribution in [2.45, 2.75) is 13.0 Å². The Hall–Kier alpha value is -4.79. The highest BCUT2D eigenvalue weighted by Gasteiger charge is 2.32. The van der Waals surface area contributed by atoms with E-state index >= 15 is 0 Å². The van der Waals surface area contributed by atoms with Crippen LogP contribution in [0, 0.1) is 11.3 Å². The van der Waals surface area contributed by atoms with Gasteiger partial charge in [-0.15, -0.1) is 0 Å². The monoisotopic (exact) mass is 601 g/mol. The molecule has 0 saturated carbocycles. The van der Waals surface area contributed by atoms with Crippen LogP contribution >= 0.6 is 11.6 Å². The van der Waals surface area contributed by atoms with Gasteiger partial charge in [-0.05, 0) is 68.6 Å². The van der Waals surface area contributed by atoms with E-state index in [9.17, 15) is 14.9 Å². The third kappa shape index (κ3) is 6.07. The van der Waals surface area contributed by atoms with E-state index in [0.717, 1.165) is 13.1 Å². The Morgan fingerprint density at radius 2 is 1.77 bits per heavy atom. The number of halogens is 1. The molecular weight excluding hydrogens is 570 g/mol. The number of aromatic nitrogens is 2. The van der Waals surface area contributed by atoms with Crippen molar-refractivity contribution < 1.29 is 14.3 Å². The van der Waals surface area contributed by atoms with Gasteiger partial charge in [0, 0.05) is 43.0 Å². The molecule has 1 N–H and O–H groups in total. The van der Waals surface area contributed by atoms with Crippen LogP contribution in [0.2, 0.25) is 5.02 Å². The minimum absolute atomic E-state index is 0.248. The summed E-state index contributed by atoms with van der Waals surface area (Å²) >= 11 is 6.31. The van der Waals surface area contributed by atoms with Gasteiger partial charge in [0.05, 0.1) is 48.5 Å². The van der Waals surface area contributed by atoms with Gasteiger partial charge < -0.3 is 24.7 Å².